The van der Waals surface area contributed by atoms with Crippen molar-refractivity contribution in [3.05, 3.63) is 48.5 Å². The Morgan fingerprint density at radius 2 is 1.97 bits per heavy atom. The number of hydrogen-bond acceptors (Lipinski definition) is 5. The summed E-state index contributed by atoms with van der Waals surface area (Å²) in [4.78, 5) is 38.4. The number of nitrogens with zero attached hydrogens (tertiary/aromatic N) is 4. The van der Waals surface area contributed by atoms with E-state index in [1.165, 1.54) is 6.33 Å². The van der Waals surface area contributed by atoms with Gasteiger partial charge in [-0.2, -0.15) is 0 Å². The lowest BCUT2D eigenvalue weighted by molar-refractivity contribution is -0.151. The van der Waals surface area contributed by atoms with Gasteiger partial charge in [0, 0.05) is 51.7 Å². The van der Waals surface area contributed by atoms with Crippen LogP contribution in [-0.2, 0) is 20.7 Å². The third-order valence-corrected chi connectivity index (χ3v) is 6.37. The third-order valence-electron chi connectivity index (χ3n) is 6.37. The molecule has 2 amide bonds. The number of carbonyl (C=O) groups excluding carboxylic acids is 2. The highest BCUT2D eigenvalue weighted by molar-refractivity contribution is 5.86. The fourth-order valence-corrected chi connectivity index (χ4v) is 4.92. The standard InChI is InChI=1S/C24H30N4O3/c1-27(2)23(30)24(10-6-11-28(16-24)22(29)21-9-5-12-31-21)13-18-7-3-4-8-20(18)19-14-25-17-26-15-19/h3-4,7-8,14-15,17,21H,5-6,9-13,16H2,1-2H3/t21-,24-/m0/s1. The summed E-state index contributed by atoms with van der Waals surface area (Å²) in [6.07, 6.45) is 8.52. The lowest BCUT2D eigenvalue weighted by atomic mass is 9.73. The number of benzene rings is 1. The van der Waals surface area contributed by atoms with E-state index in [9.17, 15) is 9.59 Å². The van der Waals surface area contributed by atoms with E-state index in [4.69, 9.17) is 4.74 Å². The van der Waals surface area contributed by atoms with Gasteiger partial charge < -0.3 is 14.5 Å². The van der Waals surface area contributed by atoms with Crippen molar-refractivity contribution >= 4 is 11.8 Å². The maximum absolute atomic E-state index is 13.5. The molecule has 0 spiro atoms. The average molecular weight is 423 g/mol. The summed E-state index contributed by atoms with van der Waals surface area (Å²) >= 11 is 0. The molecule has 0 bridgehead atoms. The van der Waals surface area contributed by atoms with E-state index < -0.39 is 5.41 Å². The highest BCUT2D eigenvalue weighted by Gasteiger charge is 2.45. The van der Waals surface area contributed by atoms with Crippen LogP contribution in [0.5, 0.6) is 0 Å². The molecule has 0 saturated carbocycles. The first-order valence-corrected chi connectivity index (χ1v) is 11.0. The van der Waals surface area contributed by atoms with E-state index in [1.807, 2.05) is 23.1 Å². The van der Waals surface area contributed by atoms with Crippen LogP contribution in [0.1, 0.15) is 31.2 Å². The maximum atomic E-state index is 13.5. The number of carbonyl (C=O) groups is 2. The van der Waals surface area contributed by atoms with Crippen LogP contribution >= 0.6 is 0 Å². The first kappa shape index (κ1) is 21.4. The molecule has 2 aromatic rings. The zero-order valence-electron chi connectivity index (χ0n) is 18.3. The molecule has 0 unspecified atom stereocenters. The Hall–Kier alpha value is -2.80. The van der Waals surface area contributed by atoms with Crippen LogP contribution in [0.4, 0.5) is 0 Å². The second-order valence-corrected chi connectivity index (χ2v) is 8.81. The SMILES string of the molecule is CN(C)C(=O)[C@]1(Cc2ccccc2-c2cncnc2)CCCN(C(=O)[C@@H]2CCCO2)C1. The van der Waals surface area contributed by atoms with Gasteiger partial charge in [-0.15, -0.1) is 0 Å². The van der Waals surface area contributed by atoms with E-state index in [2.05, 4.69) is 16.0 Å². The lowest BCUT2D eigenvalue weighted by Gasteiger charge is -2.44. The number of hydrogen-bond donors (Lipinski definition) is 0. The Morgan fingerprint density at radius 3 is 2.68 bits per heavy atom. The van der Waals surface area contributed by atoms with Crippen molar-refractivity contribution in [2.45, 2.75) is 38.2 Å². The Morgan fingerprint density at radius 1 is 1.19 bits per heavy atom. The van der Waals surface area contributed by atoms with Crippen LogP contribution in [0, 0.1) is 5.41 Å². The lowest BCUT2D eigenvalue weighted by Crippen LogP contribution is -2.55. The van der Waals surface area contributed by atoms with Crippen LogP contribution in [0.25, 0.3) is 11.1 Å². The van der Waals surface area contributed by atoms with Crippen molar-refractivity contribution in [1.82, 2.24) is 19.8 Å². The molecule has 31 heavy (non-hydrogen) atoms. The van der Waals surface area contributed by atoms with Crippen LogP contribution in [0.15, 0.2) is 43.0 Å². The molecule has 0 radical (unpaired) electrons. The Labute approximate surface area is 183 Å². The van der Waals surface area contributed by atoms with Gasteiger partial charge in [-0.25, -0.2) is 9.97 Å². The molecule has 7 heteroatoms. The molecule has 2 fully saturated rings. The van der Waals surface area contributed by atoms with Gasteiger partial charge in [-0.05, 0) is 43.2 Å². The molecular weight excluding hydrogens is 392 g/mol. The molecule has 2 saturated heterocycles. The second-order valence-electron chi connectivity index (χ2n) is 8.81. The molecular formula is C24H30N4O3. The summed E-state index contributed by atoms with van der Waals surface area (Å²) < 4.78 is 5.64. The topological polar surface area (TPSA) is 75.6 Å². The van der Waals surface area contributed by atoms with Crippen molar-refractivity contribution in [1.29, 1.82) is 0 Å². The number of piperidine rings is 1. The molecule has 4 rings (SSSR count). The summed E-state index contributed by atoms with van der Waals surface area (Å²) in [5.41, 5.74) is 2.35. The van der Waals surface area contributed by atoms with Gasteiger partial charge >= 0.3 is 0 Å². The predicted molar refractivity (Wildman–Crippen MR) is 117 cm³/mol. The normalized spacial score (nSPS) is 23.5. The van der Waals surface area contributed by atoms with Gasteiger partial charge in [-0.3, -0.25) is 9.59 Å². The Balaban J connectivity index is 1.66. The number of likely N-dealkylation sites (tertiary alicyclic amines) is 1. The van der Waals surface area contributed by atoms with E-state index in [1.54, 1.807) is 31.4 Å². The highest BCUT2D eigenvalue weighted by Crippen LogP contribution is 2.38. The van der Waals surface area contributed by atoms with Crippen LogP contribution in [0.2, 0.25) is 0 Å². The molecule has 3 heterocycles. The average Bonchev–Trinajstić information content (AvgIpc) is 3.34. The first-order valence-electron chi connectivity index (χ1n) is 11.0. The van der Waals surface area contributed by atoms with Gasteiger partial charge in [0.15, 0.2) is 0 Å². The Kier molecular flexibility index (Phi) is 6.32. The minimum absolute atomic E-state index is 0.0258. The van der Waals surface area contributed by atoms with Crippen molar-refractivity contribution in [2.24, 2.45) is 5.41 Å². The zero-order chi connectivity index (χ0) is 21.8. The van der Waals surface area contributed by atoms with Crippen molar-refractivity contribution in [2.75, 3.05) is 33.8 Å². The zero-order valence-corrected chi connectivity index (χ0v) is 18.3. The largest absolute Gasteiger partial charge is 0.368 e. The summed E-state index contributed by atoms with van der Waals surface area (Å²) in [6, 6.07) is 8.09. The van der Waals surface area contributed by atoms with Crippen LogP contribution < -0.4 is 0 Å². The minimum Gasteiger partial charge on any atom is -0.368 e. The van der Waals surface area contributed by atoms with Gasteiger partial charge in [0.25, 0.3) is 5.91 Å². The molecule has 2 aliphatic rings. The summed E-state index contributed by atoms with van der Waals surface area (Å²) in [7, 11) is 3.59. The van der Waals surface area contributed by atoms with E-state index in [0.717, 1.165) is 42.4 Å². The summed E-state index contributed by atoms with van der Waals surface area (Å²) in [6.45, 7) is 1.73. The third kappa shape index (κ3) is 4.46. The van der Waals surface area contributed by atoms with Crippen molar-refractivity contribution in [3.63, 3.8) is 0 Å². The van der Waals surface area contributed by atoms with E-state index in [-0.39, 0.29) is 17.9 Å². The maximum Gasteiger partial charge on any atom is 0.251 e. The quantitative estimate of drug-likeness (QED) is 0.740. The summed E-state index contributed by atoms with van der Waals surface area (Å²) in [5.74, 6) is 0.0920. The van der Waals surface area contributed by atoms with Crippen molar-refractivity contribution in [3.8, 4) is 11.1 Å². The molecule has 0 N–H and O–H groups in total. The van der Waals surface area contributed by atoms with Gasteiger partial charge in [0.2, 0.25) is 5.91 Å². The fraction of sp³-hybridized carbons (Fsp3) is 0.500. The van der Waals surface area contributed by atoms with Crippen LogP contribution in [-0.4, -0.2) is 71.5 Å². The number of ether oxygens (including phenoxy) is 1. The smallest absolute Gasteiger partial charge is 0.251 e. The predicted octanol–water partition coefficient (Wildman–Crippen LogP) is 2.56. The first-order chi connectivity index (χ1) is 15.0. The monoisotopic (exact) mass is 422 g/mol. The van der Waals surface area contributed by atoms with E-state index in [0.29, 0.717) is 26.1 Å². The molecule has 7 nitrogen and oxygen atoms in total. The molecule has 0 aliphatic carbocycles. The minimum atomic E-state index is -0.665. The second kappa shape index (κ2) is 9.14. The number of rotatable bonds is 5. The van der Waals surface area contributed by atoms with Gasteiger partial charge in [-0.1, -0.05) is 24.3 Å². The van der Waals surface area contributed by atoms with Crippen molar-refractivity contribution < 1.29 is 14.3 Å². The van der Waals surface area contributed by atoms with E-state index >= 15 is 0 Å². The molecule has 1 aromatic heterocycles. The summed E-state index contributed by atoms with van der Waals surface area (Å²) in [5, 5.41) is 0. The Bertz CT molecular complexity index is 927. The fourth-order valence-electron chi connectivity index (χ4n) is 4.92. The van der Waals surface area contributed by atoms with Gasteiger partial charge in [0.05, 0.1) is 5.41 Å². The number of amides is 2. The van der Waals surface area contributed by atoms with Gasteiger partial charge in [0.1, 0.15) is 12.4 Å². The van der Waals surface area contributed by atoms with Crippen LogP contribution in [0.3, 0.4) is 0 Å². The molecule has 1 aromatic carbocycles. The molecule has 164 valence electrons. The number of aromatic nitrogens is 2. The molecule has 2 atom stereocenters. The molecule has 2 aliphatic heterocycles. The highest BCUT2D eigenvalue weighted by atomic mass is 16.5.